The van der Waals surface area contributed by atoms with Crippen LogP contribution in [-0.4, -0.2) is 70.9 Å². The van der Waals surface area contributed by atoms with Gasteiger partial charge in [0, 0.05) is 24.5 Å². The third-order valence-corrected chi connectivity index (χ3v) is 10.3. The highest BCUT2D eigenvalue weighted by Crippen LogP contribution is 2.38. The summed E-state index contributed by atoms with van der Waals surface area (Å²) in [7, 11) is -3.96. The number of hydrogen-bond acceptors (Lipinski definition) is 7. The van der Waals surface area contributed by atoms with Gasteiger partial charge in [0.25, 0.3) is 5.91 Å². The van der Waals surface area contributed by atoms with E-state index in [2.05, 4.69) is 10.3 Å². The van der Waals surface area contributed by atoms with Gasteiger partial charge < -0.3 is 15.0 Å². The van der Waals surface area contributed by atoms with Gasteiger partial charge in [0.05, 0.1) is 12.6 Å². The van der Waals surface area contributed by atoms with E-state index in [-0.39, 0.29) is 35.6 Å². The van der Waals surface area contributed by atoms with Gasteiger partial charge in [-0.25, -0.2) is 8.42 Å². The quantitative estimate of drug-likeness (QED) is 0.447. The molecule has 1 N–H and O–H groups in total. The second kappa shape index (κ2) is 11.3. The zero-order valence-corrected chi connectivity index (χ0v) is 23.8. The number of rotatable bonds is 7. The summed E-state index contributed by atoms with van der Waals surface area (Å²) in [4.78, 5) is 46.4. The number of likely N-dealkylation sites (tertiary alicyclic amines) is 1. The normalized spacial score (nSPS) is 22.0. The Kier molecular flexibility index (Phi) is 7.54. The molecule has 2 saturated heterocycles. The van der Waals surface area contributed by atoms with Crippen molar-refractivity contribution in [2.45, 2.75) is 61.0 Å². The maximum atomic E-state index is 14.2. The summed E-state index contributed by atoms with van der Waals surface area (Å²) in [6, 6.07) is 17.5. The van der Waals surface area contributed by atoms with Gasteiger partial charge >= 0.3 is 0 Å². The van der Waals surface area contributed by atoms with Crippen LogP contribution in [0.3, 0.4) is 0 Å². The van der Waals surface area contributed by atoms with Crippen molar-refractivity contribution in [2.75, 3.05) is 13.1 Å². The monoisotopic (exact) mass is 588 g/mol. The van der Waals surface area contributed by atoms with Crippen LogP contribution in [0.1, 0.15) is 48.9 Å². The van der Waals surface area contributed by atoms with Gasteiger partial charge in [-0.1, -0.05) is 37.5 Å². The molecule has 3 aliphatic rings. The minimum absolute atomic E-state index is 0.0134. The second-order valence-electron chi connectivity index (χ2n) is 11.0. The maximum absolute atomic E-state index is 14.2. The lowest BCUT2D eigenvalue weighted by atomic mass is 9.80. The van der Waals surface area contributed by atoms with E-state index in [1.807, 2.05) is 30.3 Å². The average molecular weight is 589 g/mol. The standard InChI is InChI=1S/C31H32N4O6S/c36-27-21-35(42(39,40)25-10-7-18-32-20-25)26-15-19-34(28(26)27)30(38)31(16-5-2-6-17-31)33-29(37)22-11-13-24(14-12-22)41-23-8-3-1-4-9-23/h1,3-4,7-14,18,20,26,28H,2,5-6,15-17,19,21H2,(H,33,37). The van der Waals surface area contributed by atoms with Gasteiger partial charge in [0.15, 0.2) is 5.78 Å². The van der Waals surface area contributed by atoms with E-state index >= 15 is 0 Å². The lowest BCUT2D eigenvalue weighted by molar-refractivity contribution is -0.143. The molecule has 0 radical (unpaired) electrons. The first kappa shape index (κ1) is 28.0. The largest absolute Gasteiger partial charge is 0.457 e. The van der Waals surface area contributed by atoms with Crippen molar-refractivity contribution in [3.63, 3.8) is 0 Å². The summed E-state index contributed by atoms with van der Waals surface area (Å²) in [6.45, 7) is -0.0603. The van der Waals surface area contributed by atoms with E-state index in [1.165, 1.54) is 33.7 Å². The average Bonchev–Trinajstić information content (AvgIpc) is 3.60. The minimum atomic E-state index is -3.96. The maximum Gasteiger partial charge on any atom is 0.252 e. The summed E-state index contributed by atoms with van der Waals surface area (Å²) in [6.07, 6.45) is 6.45. The van der Waals surface area contributed by atoms with Crippen LogP contribution in [0.15, 0.2) is 84.0 Å². The number of nitrogens with one attached hydrogen (secondary N) is 1. The summed E-state index contributed by atoms with van der Waals surface area (Å²) in [5.41, 5.74) is -0.780. The predicted octanol–water partition coefficient (Wildman–Crippen LogP) is 3.55. The summed E-state index contributed by atoms with van der Waals surface area (Å²) < 4.78 is 33.7. The van der Waals surface area contributed by atoms with Gasteiger partial charge in [-0.15, -0.1) is 0 Å². The zero-order chi connectivity index (χ0) is 29.3. The lowest BCUT2D eigenvalue weighted by Gasteiger charge is -2.40. The molecule has 0 spiro atoms. The molecule has 1 aliphatic carbocycles. The molecule has 2 amide bonds. The fraction of sp³-hybridized carbons (Fsp3) is 0.355. The molecule has 42 heavy (non-hydrogen) atoms. The van der Waals surface area contributed by atoms with Gasteiger partial charge in [-0.3, -0.25) is 19.4 Å². The number of benzene rings is 2. The molecule has 3 heterocycles. The number of nitrogens with zero attached hydrogens (tertiary/aromatic N) is 3. The molecule has 6 rings (SSSR count). The molecule has 0 bridgehead atoms. The van der Waals surface area contributed by atoms with E-state index in [0.29, 0.717) is 36.3 Å². The summed E-state index contributed by atoms with van der Waals surface area (Å²) >= 11 is 0. The van der Waals surface area contributed by atoms with E-state index < -0.39 is 27.6 Å². The fourth-order valence-electron chi connectivity index (χ4n) is 6.37. The third kappa shape index (κ3) is 5.18. The van der Waals surface area contributed by atoms with Crippen molar-refractivity contribution in [3.05, 3.63) is 84.7 Å². The van der Waals surface area contributed by atoms with Gasteiger partial charge in [0.2, 0.25) is 15.9 Å². The second-order valence-corrected chi connectivity index (χ2v) is 12.9. The number of fused-ring (bicyclic) bond motifs is 1. The van der Waals surface area contributed by atoms with Crippen LogP contribution < -0.4 is 10.1 Å². The predicted molar refractivity (Wildman–Crippen MR) is 153 cm³/mol. The molecule has 11 heteroatoms. The van der Waals surface area contributed by atoms with E-state index in [0.717, 1.165) is 19.3 Å². The number of para-hydroxylation sites is 1. The molecule has 2 atom stereocenters. The highest BCUT2D eigenvalue weighted by molar-refractivity contribution is 7.89. The van der Waals surface area contributed by atoms with Crippen molar-refractivity contribution >= 4 is 27.6 Å². The number of sulfonamides is 1. The Morgan fingerprint density at radius 3 is 2.33 bits per heavy atom. The SMILES string of the molecule is O=C(NC1(C(=O)N2CCC3C2C(=O)CN3S(=O)(=O)c2cccnc2)CCCCC1)c1ccc(Oc2ccccc2)cc1. The first-order valence-electron chi connectivity index (χ1n) is 14.2. The molecule has 2 unspecified atom stereocenters. The Bertz CT molecular complexity index is 1570. The number of carbonyl (C=O) groups is 3. The molecule has 1 aromatic heterocycles. The van der Waals surface area contributed by atoms with Gasteiger partial charge in [0.1, 0.15) is 28.0 Å². The Labute approximate surface area is 244 Å². The highest BCUT2D eigenvalue weighted by atomic mass is 32.2. The first-order valence-corrected chi connectivity index (χ1v) is 15.6. The first-order chi connectivity index (χ1) is 20.3. The van der Waals surface area contributed by atoms with E-state index in [1.54, 1.807) is 24.3 Å². The van der Waals surface area contributed by atoms with E-state index in [9.17, 15) is 22.8 Å². The number of pyridine rings is 1. The molecule has 218 valence electrons. The zero-order valence-electron chi connectivity index (χ0n) is 23.0. The number of carbonyl (C=O) groups excluding carboxylic acids is 3. The van der Waals surface area contributed by atoms with E-state index in [4.69, 9.17) is 4.74 Å². The Balaban J connectivity index is 1.20. The lowest BCUT2D eigenvalue weighted by Crippen LogP contribution is -2.62. The van der Waals surface area contributed by atoms with Crippen LogP contribution in [0.2, 0.25) is 0 Å². The topological polar surface area (TPSA) is 126 Å². The molecule has 2 aliphatic heterocycles. The number of hydrogen-bond donors (Lipinski definition) is 1. The Morgan fingerprint density at radius 2 is 1.64 bits per heavy atom. The minimum Gasteiger partial charge on any atom is -0.457 e. The molecular weight excluding hydrogens is 556 g/mol. The van der Waals surface area contributed by atoms with Crippen molar-refractivity contribution in [1.82, 2.24) is 19.5 Å². The summed E-state index contributed by atoms with van der Waals surface area (Å²) in [5, 5.41) is 3.03. The van der Waals surface area contributed by atoms with Crippen molar-refractivity contribution < 1.29 is 27.5 Å². The molecule has 3 aromatic rings. The number of ether oxygens (including phenoxy) is 1. The number of amides is 2. The van der Waals surface area contributed by atoms with Crippen LogP contribution in [0.25, 0.3) is 0 Å². The van der Waals surface area contributed by atoms with Crippen LogP contribution >= 0.6 is 0 Å². The summed E-state index contributed by atoms with van der Waals surface area (Å²) in [5.74, 6) is 0.241. The van der Waals surface area contributed by atoms with Crippen molar-refractivity contribution in [3.8, 4) is 11.5 Å². The third-order valence-electron chi connectivity index (χ3n) is 8.44. The molecule has 3 fully saturated rings. The number of Topliss-reactive ketones (excluding diaryl/α,β-unsaturated/α-hetero) is 1. The number of aromatic nitrogens is 1. The van der Waals surface area contributed by atoms with Crippen LogP contribution in [0, 0.1) is 0 Å². The van der Waals surface area contributed by atoms with Crippen LogP contribution in [0.5, 0.6) is 11.5 Å². The number of ketones is 1. The highest BCUT2D eigenvalue weighted by Gasteiger charge is 2.56. The Hall–Kier alpha value is -4.09. The van der Waals surface area contributed by atoms with Crippen molar-refractivity contribution in [1.29, 1.82) is 0 Å². The molecular formula is C31H32N4O6S. The van der Waals surface area contributed by atoms with Gasteiger partial charge in [-0.2, -0.15) is 4.31 Å². The molecule has 10 nitrogen and oxygen atoms in total. The van der Waals surface area contributed by atoms with Crippen LogP contribution in [-0.2, 0) is 19.6 Å². The van der Waals surface area contributed by atoms with Crippen molar-refractivity contribution in [2.24, 2.45) is 0 Å². The van der Waals surface area contributed by atoms with Gasteiger partial charge in [-0.05, 0) is 67.8 Å². The van der Waals surface area contributed by atoms with Crippen LogP contribution in [0.4, 0.5) is 0 Å². The molecule has 1 saturated carbocycles. The fourth-order valence-corrected chi connectivity index (χ4v) is 7.96. The molecule has 2 aromatic carbocycles. The Morgan fingerprint density at radius 1 is 0.929 bits per heavy atom. The smallest absolute Gasteiger partial charge is 0.252 e.